The standard InChI is InChI=1S/C21H25NO5/c1-14-10-16(21(3,4)5)11-15(2)17(14)12-27-20(23)13-26-19-9-7-6-8-18(19)22(24)25/h6-11H,12-13H2,1-5H3. The van der Waals surface area contributed by atoms with Crippen LogP contribution in [0.15, 0.2) is 36.4 Å². The number of nitro benzene ring substituents is 1. The van der Waals surface area contributed by atoms with Gasteiger partial charge in [0.1, 0.15) is 6.61 Å². The van der Waals surface area contributed by atoms with E-state index in [4.69, 9.17) is 9.47 Å². The van der Waals surface area contributed by atoms with Gasteiger partial charge in [0.15, 0.2) is 12.4 Å². The summed E-state index contributed by atoms with van der Waals surface area (Å²) in [5, 5.41) is 11.0. The molecule has 144 valence electrons. The Morgan fingerprint density at radius 2 is 1.70 bits per heavy atom. The van der Waals surface area contributed by atoms with Gasteiger partial charge < -0.3 is 9.47 Å². The van der Waals surface area contributed by atoms with Crippen LogP contribution in [0.4, 0.5) is 5.69 Å². The number of hydrogen-bond acceptors (Lipinski definition) is 5. The van der Waals surface area contributed by atoms with Crippen LogP contribution in [0.3, 0.4) is 0 Å². The molecule has 2 aromatic rings. The third-order valence-electron chi connectivity index (χ3n) is 4.35. The van der Waals surface area contributed by atoms with Crippen molar-refractivity contribution in [2.75, 3.05) is 6.61 Å². The molecule has 0 saturated heterocycles. The molecule has 0 fully saturated rings. The molecule has 0 heterocycles. The summed E-state index contributed by atoms with van der Waals surface area (Å²) < 4.78 is 10.6. The number of ether oxygens (including phenoxy) is 2. The van der Waals surface area contributed by atoms with Crippen LogP contribution in [0.2, 0.25) is 0 Å². The highest BCUT2D eigenvalue weighted by atomic mass is 16.6. The third-order valence-corrected chi connectivity index (χ3v) is 4.35. The average molecular weight is 371 g/mol. The second-order valence-corrected chi connectivity index (χ2v) is 7.51. The second kappa shape index (κ2) is 8.20. The quantitative estimate of drug-likeness (QED) is 0.420. The molecule has 0 N–H and O–H groups in total. The number of nitro groups is 1. The van der Waals surface area contributed by atoms with E-state index < -0.39 is 10.9 Å². The van der Waals surface area contributed by atoms with E-state index in [2.05, 4.69) is 32.9 Å². The number of hydrogen-bond donors (Lipinski definition) is 0. The zero-order valence-electron chi connectivity index (χ0n) is 16.4. The van der Waals surface area contributed by atoms with E-state index in [0.29, 0.717) is 0 Å². The number of carbonyl (C=O) groups excluding carboxylic acids is 1. The monoisotopic (exact) mass is 371 g/mol. The minimum Gasteiger partial charge on any atom is -0.475 e. The van der Waals surface area contributed by atoms with E-state index in [1.54, 1.807) is 6.07 Å². The number of esters is 1. The van der Waals surface area contributed by atoms with Gasteiger partial charge in [-0.25, -0.2) is 4.79 Å². The van der Waals surface area contributed by atoms with Crippen LogP contribution in [-0.4, -0.2) is 17.5 Å². The highest BCUT2D eigenvalue weighted by molar-refractivity contribution is 5.71. The van der Waals surface area contributed by atoms with Crippen molar-refractivity contribution >= 4 is 11.7 Å². The first kappa shape index (κ1) is 20.4. The molecule has 6 nitrogen and oxygen atoms in total. The first-order chi connectivity index (χ1) is 12.6. The predicted molar refractivity (Wildman–Crippen MR) is 103 cm³/mol. The minimum atomic E-state index is -0.577. The Kier molecular flexibility index (Phi) is 6.20. The molecule has 27 heavy (non-hydrogen) atoms. The molecule has 0 spiro atoms. The Labute approximate surface area is 159 Å². The molecule has 6 heteroatoms. The van der Waals surface area contributed by atoms with Crippen molar-refractivity contribution in [3.63, 3.8) is 0 Å². The van der Waals surface area contributed by atoms with E-state index >= 15 is 0 Å². The Bertz CT molecular complexity index is 829. The van der Waals surface area contributed by atoms with Gasteiger partial charge in [-0.05, 0) is 47.6 Å². The van der Waals surface area contributed by atoms with Gasteiger partial charge in [-0.2, -0.15) is 0 Å². The molecule has 0 aliphatic rings. The van der Waals surface area contributed by atoms with Crippen LogP contribution in [0.1, 0.15) is 43.0 Å². The van der Waals surface area contributed by atoms with Gasteiger partial charge in [0, 0.05) is 6.07 Å². The van der Waals surface area contributed by atoms with E-state index in [1.165, 1.54) is 23.8 Å². The minimum absolute atomic E-state index is 0.0429. The van der Waals surface area contributed by atoms with Crippen molar-refractivity contribution in [2.24, 2.45) is 0 Å². The molecule has 0 aliphatic heterocycles. The number of para-hydroxylation sites is 2. The van der Waals surface area contributed by atoms with Gasteiger partial charge in [-0.1, -0.05) is 45.0 Å². The Balaban J connectivity index is 2.00. The van der Waals surface area contributed by atoms with E-state index in [-0.39, 0.29) is 30.1 Å². The lowest BCUT2D eigenvalue weighted by molar-refractivity contribution is -0.385. The summed E-state index contributed by atoms with van der Waals surface area (Å²) in [6.07, 6.45) is 0. The van der Waals surface area contributed by atoms with Crippen LogP contribution >= 0.6 is 0 Å². The molecule has 0 aliphatic carbocycles. The number of rotatable bonds is 6. The second-order valence-electron chi connectivity index (χ2n) is 7.51. The smallest absolute Gasteiger partial charge is 0.344 e. The van der Waals surface area contributed by atoms with Gasteiger partial charge in [0.2, 0.25) is 0 Å². The molecule has 0 amide bonds. The lowest BCUT2D eigenvalue weighted by Crippen LogP contribution is -2.17. The highest BCUT2D eigenvalue weighted by Crippen LogP contribution is 2.28. The van der Waals surface area contributed by atoms with Gasteiger partial charge in [-0.3, -0.25) is 10.1 Å². The Morgan fingerprint density at radius 1 is 1.11 bits per heavy atom. The van der Waals surface area contributed by atoms with E-state index in [0.717, 1.165) is 16.7 Å². The maximum absolute atomic E-state index is 12.0. The van der Waals surface area contributed by atoms with E-state index in [1.807, 2.05) is 13.8 Å². The SMILES string of the molecule is Cc1cc(C(C)(C)C)cc(C)c1COC(=O)COc1ccccc1[N+](=O)[O-]. The fourth-order valence-electron chi connectivity index (χ4n) is 2.72. The summed E-state index contributed by atoms with van der Waals surface area (Å²) in [7, 11) is 0. The molecule has 0 aromatic heterocycles. The third kappa shape index (κ3) is 5.29. The van der Waals surface area contributed by atoms with Crippen molar-refractivity contribution < 1.29 is 19.2 Å². The molecule has 0 radical (unpaired) electrons. The van der Waals surface area contributed by atoms with E-state index in [9.17, 15) is 14.9 Å². The summed E-state index contributed by atoms with van der Waals surface area (Å²) >= 11 is 0. The average Bonchev–Trinajstić information content (AvgIpc) is 2.58. The summed E-state index contributed by atoms with van der Waals surface area (Å²) in [6, 6.07) is 10.1. The van der Waals surface area contributed by atoms with Gasteiger partial charge in [0.05, 0.1) is 4.92 Å². The lowest BCUT2D eigenvalue weighted by atomic mass is 9.84. The number of nitrogens with zero attached hydrogens (tertiary/aromatic N) is 1. The van der Waals surface area contributed by atoms with Gasteiger partial charge in [0.25, 0.3) is 0 Å². The summed E-state index contributed by atoms with van der Waals surface area (Å²) in [4.78, 5) is 22.4. The summed E-state index contributed by atoms with van der Waals surface area (Å²) in [5.41, 5.74) is 4.17. The topological polar surface area (TPSA) is 78.7 Å². The molecule has 0 atom stereocenters. The molecule has 0 unspecified atom stereocenters. The van der Waals surface area contributed by atoms with Gasteiger partial charge >= 0.3 is 11.7 Å². The molecular weight excluding hydrogens is 346 g/mol. The van der Waals surface area contributed by atoms with Crippen molar-refractivity contribution in [1.82, 2.24) is 0 Å². The first-order valence-corrected chi connectivity index (χ1v) is 8.72. The Hall–Kier alpha value is -2.89. The summed E-state index contributed by atoms with van der Waals surface area (Å²) in [5.74, 6) is -0.534. The molecule has 0 saturated carbocycles. The summed E-state index contributed by atoms with van der Waals surface area (Å²) in [6.45, 7) is 10.2. The van der Waals surface area contributed by atoms with Crippen molar-refractivity contribution in [3.05, 3.63) is 68.8 Å². The zero-order valence-corrected chi connectivity index (χ0v) is 16.4. The normalized spacial score (nSPS) is 11.1. The maximum atomic E-state index is 12.0. The van der Waals surface area contributed by atoms with Crippen LogP contribution in [0.25, 0.3) is 0 Å². The number of aryl methyl sites for hydroxylation is 2. The highest BCUT2D eigenvalue weighted by Gasteiger charge is 2.18. The van der Waals surface area contributed by atoms with Crippen molar-refractivity contribution in [1.29, 1.82) is 0 Å². The number of carbonyl (C=O) groups is 1. The maximum Gasteiger partial charge on any atom is 0.344 e. The largest absolute Gasteiger partial charge is 0.475 e. The fourth-order valence-corrected chi connectivity index (χ4v) is 2.72. The molecule has 0 bridgehead atoms. The molecule has 2 rings (SSSR count). The zero-order chi connectivity index (χ0) is 20.2. The van der Waals surface area contributed by atoms with Crippen LogP contribution in [0.5, 0.6) is 5.75 Å². The Morgan fingerprint density at radius 3 is 2.26 bits per heavy atom. The molecular formula is C21H25NO5. The molecule has 2 aromatic carbocycles. The number of benzene rings is 2. The lowest BCUT2D eigenvalue weighted by Gasteiger charge is -2.22. The van der Waals surface area contributed by atoms with Crippen molar-refractivity contribution in [2.45, 2.75) is 46.6 Å². The predicted octanol–water partition coefficient (Wildman–Crippen LogP) is 4.63. The van der Waals surface area contributed by atoms with Crippen molar-refractivity contribution in [3.8, 4) is 5.75 Å². The van der Waals surface area contributed by atoms with Crippen LogP contribution in [0, 0.1) is 24.0 Å². The van der Waals surface area contributed by atoms with Crippen LogP contribution < -0.4 is 4.74 Å². The van der Waals surface area contributed by atoms with Gasteiger partial charge in [-0.15, -0.1) is 0 Å². The fraction of sp³-hybridized carbons (Fsp3) is 0.381. The first-order valence-electron chi connectivity index (χ1n) is 8.72. The van der Waals surface area contributed by atoms with Crippen LogP contribution in [-0.2, 0) is 21.6 Å².